The van der Waals surface area contributed by atoms with Crippen LogP contribution in [-0.4, -0.2) is 24.6 Å². The largest absolute Gasteiger partial charge is 0.507 e. The number of carboxylic acids is 1. The Balaban J connectivity index is 2.09. The van der Waals surface area contributed by atoms with Crippen LogP contribution in [0.3, 0.4) is 0 Å². The van der Waals surface area contributed by atoms with Crippen LogP contribution in [0, 0.1) is 11.6 Å². The molecule has 3 aromatic carbocycles. The lowest BCUT2D eigenvalue weighted by Gasteiger charge is -2.19. The summed E-state index contributed by atoms with van der Waals surface area (Å²) in [4.78, 5) is 11.0. The molecule has 0 aliphatic rings. The molecule has 28 heavy (non-hydrogen) atoms. The molecule has 0 aliphatic heterocycles. The normalized spacial score (nSPS) is 10.8. The molecular weight excluding hydrogens is 392 g/mol. The van der Waals surface area contributed by atoms with E-state index in [9.17, 15) is 27.1 Å². The molecule has 0 atom stereocenters. The SMILES string of the molecule is O=C(O)c1ccc(N(c2cccc(-c3cc(F)cc(F)c3)c2)[SH](=O)=O)cc1O. The third-order valence-electron chi connectivity index (χ3n) is 3.91. The second-order valence-electron chi connectivity index (χ2n) is 5.76. The molecule has 0 fully saturated rings. The van der Waals surface area contributed by atoms with Crippen LogP contribution in [-0.2, 0) is 10.9 Å². The summed E-state index contributed by atoms with van der Waals surface area (Å²) >= 11 is 0. The lowest BCUT2D eigenvalue weighted by Crippen LogP contribution is -2.14. The summed E-state index contributed by atoms with van der Waals surface area (Å²) in [6.45, 7) is 0. The van der Waals surface area contributed by atoms with Crippen molar-refractivity contribution in [2.75, 3.05) is 4.31 Å². The molecule has 144 valence electrons. The van der Waals surface area contributed by atoms with Crippen molar-refractivity contribution in [2.24, 2.45) is 0 Å². The van der Waals surface area contributed by atoms with Gasteiger partial charge in [0, 0.05) is 12.1 Å². The van der Waals surface area contributed by atoms with Crippen LogP contribution in [0.4, 0.5) is 20.2 Å². The highest BCUT2D eigenvalue weighted by atomic mass is 32.2. The highest BCUT2D eigenvalue weighted by Gasteiger charge is 2.17. The van der Waals surface area contributed by atoms with Crippen molar-refractivity contribution in [2.45, 2.75) is 0 Å². The average molecular weight is 405 g/mol. The van der Waals surface area contributed by atoms with Crippen LogP contribution < -0.4 is 4.31 Å². The standard InChI is InChI=1S/C19H13F2NO5S/c20-13-6-12(7-14(21)9-13)11-2-1-3-15(8-11)22(28(26)27)16-4-5-17(19(24)25)18(23)10-16/h1-10,23,28H,(H,24,25). The van der Waals surface area contributed by atoms with Crippen LogP contribution in [0.1, 0.15) is 10.4 Å². The van der Waals surface area contributed by atoms with E-state index in [-0.39, 0.29) is 22.5 Å². The van der Waals surface area contributed by atoms with E-state index in [0.29, 0.717) is 5.56 Å². The second-order valence-corrected chi connectivity index (χ2v) is 6.64. The zero-order chi connectivity index (χ0) is 20.4. The molecule has 0 radical (unpaired) electrons. The molecule has 3 aromatic rings. The number of thiol groups is 1. The smallest absolute Gasteiger partial charge is 0.339 e. The lowest BCUT2D eigenvalue weighted by atomic mass is 10.0. The van der Waals surface area contributed by atoms with E-state index >= 15 is 0 Å². The van der Waals surface area contributed by atoms with Crippen molar-refractivity contribution in [3.8, 4) is 16.9 Å². The first-order chi connectivity index (χ1) is 13.3. The summed E-state index contributed by atoms with van der Waals surface area (Å²) in [5.74, 6) is -3.52. The van der Waals surface area contributed by atoms with E-state index in [1.165, 1.54) is 24.3 Å². The average Bonchev–Trinajstić information content (AvgIpc) is 2.61. The van der Waals surface area contributed by atoms with Crippen LogP contribution in [0.15, 0.2) is 60.7 Å². The van der Waals surface area contributed by atoms with Gasteiger partial charge in [0.2, 0.25) is 10.9 Å². The number of nitrogens with zero attached hydrogens (tertiary/aromatic N) is 1. The molecule has 6 nitrogen and oxygen atoms in total. The fourth-order valence-corrected chi connectivity index (χ4v) is 3.33. The van der Waals surface area contributed by atoms with Crippen molar-refractivity contribution >= 4 is 28.2 Å². The quantitative estimate of drug-likeness (QED) is 0.563. The minimum absolute atomic E-state index is 0.00110. The van der Waals surface area contributed by atoms with Gasteiger partial charge in [-0.15, -0.1) is 0 Å². The van der Waals surface area contributed by atoms with Gasteiger partial charge in [0.1, 0.15) is 22.9 Å². The molecule has 0 heterocycles. The number of hydrogen-bond acceptors (Lipinski definition) is 4. The Labute approximate surface area is 160 Å². The number of benzene rings is 3. The molecule has 0 saturated heterocycles. The van der Waals surface area contributed by atoms with E-state index in [1.54, 1.807) is 6.07 Å². The molecular formula is C19H13F2NO5S. The molecule has 0 saturated carbocycles. The highest BCUT2D eigenvalue weighted by molar-refractivity contribution is 7.74. The summed E-state index contributed by atoms with van der Waals surface area (Å²) in [5.41, 5.74) is 0.337. The highest BCUT2D eigenvalue weighted by Crippen LogP contribution is 2.33. The molecule has 0 spiro atoms. The summed E-state index contributed by atoms with van der Waals surface area (Å²) in [6.07, 6.45) is 0. The predicted octanol–water partition coefficient (Wildman–Crippen LogP) is 3.70. The number of hydrogen-bond donors (Lipinski definition) is 3. The molecule has 2 N–H and O–H groups in total. The first-order valence-corrected chi connectivity index (χ1v) is 8.96. The summed E-state index contributed by atoms with van der Waals surface area (Å²) in [7, 11) is -3.22. The van der Waals surface area contributed by atoms with Gasteiger partial charge >= 0.3 is 5.97 Å². The zero-order valence-corrected chi connectivity index (χ0v) is 14.9. The first kappa shape index (κ1) is 19.3. The van der Waals surface area contributed by atoms with Crippen molar-refractivity contribution in [1.29, 1.82) is 0 Å². The third kappa shape index (κ3) is 3.94. The first-order valence-electron chi connectivity index (χ1n) is 7.83. The van der Waals surface area contributed by atoms with Crippen LogP contribution in [0.5, 0.6) is 5.75 Å². The molecule has 0 bridgehead atoms. The number of anilines is 2. The Morgan fingerprint density at radius 3 is 2.07 bits per heavy atom. The Kier molecular flexibility index (Phi) is 5.27. The Bertz CT molecular complexity index is 1120. The van der Waals surface area contributed by atoms with Gasteiger partial charge in [-0.2, -0.15) is 0 Å². The number of carboxylic acid groups (broad SMARTS) is 1. The predicted molar refractivity (Wildman–Crippen MR) is 99.3 cm³/mol. The minimum Gasteiger partial charge on any atom is -0.507 e. The number of rotatable bonds is 5. The van der Waals surface area contributed by atoms with E-state index in [1.807, 2.05) is 0 Å². The number of aromatic carboxylic acids is 1. The van der Waals surface area contributed by atoms with Gasteiger partial charge in [-0.25, -0.2) is 26.3 Å². The van der Waals surface area contributed by atoms with Crippen molar-refractivity contribution in [1.82, 2.24) is 0 Å². The van der Waals surface area contributed by atoms with Gasteiger partial charge in [-0.1, -0.05) is 12.1 Å². The van der Waals surface area contributed by atoms with Gasteiger partial charge in [-0.3, -0.25) is 0 Å². The third-order valence-corrected chi connectivity index (χ3v) is 4.69. The fraction of sp³-hybridized carbons (Fsp3) is 0. The summed E-state index contributed by atoms with van der Waals surface area (Å²) in [5, 5.41) is 18.8. The van der Waals surface area contributed by atoms with Gasteiger partial charge in [0.05, 0.1) is 11.4 Å². The fourth-order valence-electron chi connectivity index (χ4n) is 2.71. The number of halogens is 2. The molecule has 0 amide bonds. The maximum Gasteiger partial charge on any atom is 0.339 e. The Hall–Kier alpha value is -3.46. The van der Waals surface area contributed by atoms with Crippen LogP contribution in [0.2, 0.25) is 0 Å². The topological polar surface area (TPSA) is 94.9 Å². The van der Waals surface area contributed by atoms with Crippen LogP contribution >= 0.6 is 0 Å². The van der Waals surface area contributed by atoms with E-state index in [2.05, 4.69) is 0 Å². The minimum atomic E-state index is -3.22. The summed E-state index contributed by atoms with van der Waals surface area (Å²) in [6, 6.07) is 12.2. The second kappa shape index (κ2) is 7.65. The van der Waals surface area contributed by atoms with E-state index in [4.69, 9.17) is 5.11 Å². The Morgan fingerprint density at radius 1 is 0.857 bits per heavy atom. The molecule has 9 heteroatoms. The van der Waals surface area contributed by atoms with Gasteiger partial charge in [0.15, 0.2) is 0 Å². The monoisotopic (exact) mass is 405 g/mol. The maximum absolute atomic E-state index is 13.5. The molecule has 0 aromatic heterocycles. The van der Waals surface area contributed by atoms with Gasteiger partial charge in [0.25, 0.3) is 0 Å². The van der Waals surface area contributed by atoms with Gasteiger partial charge < -0.3 is 10.2 Å². The lowest BCUT2D eigenvalue weighted by molar-refractivity contribution is 0.0693. The molecule has 0 aliphatic carbocycles. The van der Waals surface area contributed by atoms with E-state index in [0.717, 1.165) is 34.6 Å². The molecule has 0 unspecified atom stereocenters. The number of carbonyl (C=O) groups is 1. The maximum atomic E-state index is 13.5. The number of phenols is 1. The van der Waals surface area contributed by atoms with Crippen LogP contribution in [0.25, 0.3) is 11.1 Å². The van der Waals surface area contributed by atoms with E-state index < -0.39 is 34.2 Å². The van der Waals surface area contributed by atoms with Crippen molar-refractivity contribution in [3.05, 3.63) is 77.9 Å². The molecule has 3 rings (SSSR count). The van der Waals surface area contributed by atoms with Gasteiger partial charge in [-0.05, 0) is 47.5 Å². The van der Waals surface area contributed by atoms with Crippen molar-refractivity contribution < 1.29 is 32.2 Å². The Morgan fingerprint density at radius 2 is 1.50 bits per heavy atom. The summed E-state index contributed by atoms with van der Waals surface area (Å²) < 4.78 is 51.5. The number of aromatic hydroxyl groups is 1. The van der Waals surface area contributed by atoms with Crippen molar-refractivity contribution in [3.63, 3.8) is 0 Å². The zero-order valence-electron chi connectivity index (χ0n) is 14.0.